The molecule has 2 atom stereocenters. The monoisotopic (exact) mass is 546 g/mol. The van der Waals surface area contributed by atoms with E-state index in [1.807, 2.05) is 24.6 Å². The number of hydrogen-bond donors (Lipinski definition) is 2. The highest BCUT2D eigenvalue weighted by Gasteiger charge is 2.28. The standard InChI is InChI=1S/C36H54N2O2/c1-33(2,3)25-17-27(35(7,8)9)31(39)29(19-25)37-21-23-15-13-14-16-24(23)22-38-30-20-26(34(4,5)6)18-28(32(30)40)36(10,11)12/h17-24,39-40H,13-16H2,1-12H3/t23-,24-/m1/s1. The minimum absolute atomic E-state index is 0.0481. The molecule has 0 amide bonds. The lowest BCUT2D eigenvalue weighted by atomic mass is 9.79. The zero-order chi connectivity index (χ0) is 30.3. The highest BCUT2D eigenvalue weighted by molar-refractivity contribution is 5.77. The summed E-state index contributed by atoms with van der Waals surface area (Å²) in [5.41, 5.74) is 5.02. The minimum Gasteiger partial charge on any atom is -0.505 e. The van der Waals surface area contributed by atoms with Crippen molar-refractivity contribution in [1.29, 1.82) is 0 Å². The third-order valence-electron chi connectivity index (χ3n) is 8.21. The van der Waals surface area contributed by atoms with Gasteiger partial charge in [0.25, 0.3) is 0 Å². The zero-order valence-corrected chi connectivity index (χ0v) is 27.2. The number of hydrogen-bond acceptors (Lipinski definition) is 4. The molecular formula is C36H54N2O2. The molecule has 0 bridgehead atoms. The van der Waals surface area contributed by atoms with Crippen LogP contribution in [0.1, 0.15) is 131 Å². The average Bonchev–Trinajstić information content (AvgIpc) is 2.80. The van der Waals surface area contributed by atoms with Crippen LogP contribution >= 0.6 is 0 Å². The Morgan fingerprint density at radius 3 is 1.15 bits per heavy atom. The quantitative estimate of drug-likeness (QED) is 0.375. The van der Waals surface area contributed by atoms with Gasteiger partial charge >= 0.3 is 0 Å². The SMILES string of the molecule is CC(C)(C)c1cc(N=C[C@H]2CCCC[C@@H]2C=Nc2cc(C(C)(C)C)cc(C(C)(C)C)c2O)c(O)c(C(C)(C)C)c1. The van der Waals surface area contributed by atoms with Crippen molar-refractivity contribution in [1.82, 2.24) is 0 Å². The molecule has 40 heavy (non-hydrogen) atoms. The maximum Gasteiger partial charge on any atom is 0.144 e. The van der Waals surface area contributed by atoms with Gasteiger partial charge in [0.05, 0.1) is 0 Å². The molecule has 3 rings (SSSR count). The van der Waals surface area contributed by atoms with E-state index in [4.69, 9.17) is 9.98 Å². The number of aliphatic imine (C=N–C) groups is 2. The van der Waals surface area contributed by atoms with Crippen molar-refractivity contribution in [3.8, 4) is 11.5 Å². The fourth-order valence-corrected chi connectivity index (χ4v) is 5.36. The van der Waals surface area contributed by atoms with Crippen LogP contribution < -0.4 is 0 Å². The second-order valence-electron chi connectivity index (χ2n) is 16.0. The first-order valence-electron chi connectivity index (χ1n) is 15.0. The second kappa shape index (κ2) is 11.3. The molecule has 0 saturated heterocycles. The van der Waals surface area contributed by atoms with E-state index in [0.717, 1.165) is 36.8 Å². The summed E-state index contributed by atoms with van der Waals surface area (Å²) < 4.78 is 0. The van der Waals surface area contributed by atoms with Gasteiger partial charge in [-0.25, -0.2) is 0 Å². The second-order valence-corrected chi connectivity index (χ2v) is 16.0. The summed E-state index contributed by atoms with van der Waals surface area (Å²) in [5, 5.41) is 22.4. The molecule has 0 heterocycles. The van der Waals surface area contributed by atoms with Crippen molar-refractivity contribution in [2.45, 2.75) is 130 Å². The summed E-state index contributed by atoms with van der Waals surface area (Å²) in [6.45, 7) is 26.0. The molecule has 1 aliphatic carbocycles. The van der Waals surface area contributed by atoms with E-state index in [2.05, 4.69) is 95.2 Å². The van der Waals surface area contributed by atoms with Crippen molar-refractivity contribution >= 4 is 23.8 Å². The summed E-state index contributed by atoms with van der Waals surface area (Å²) >= 11 is 0. The van der Waals surface area contributed by atoms with Gasteiger partial charge in [-0.15, -0.1) is 0 Å². The Hall–Kier alpha value is -2.62. The molecule has 2 aromatic rings. The Morgan fingerprint density at radius 2 is 0.875 bits per heavy atom. The van der Waals surface area contributed by atoms with Crippen LogP contribution in [-0.4, -0.2) is 22.6 Å². The van der Waals surface area contributed by atoms with Crippen LogP contribution in [0.25, 0.3) is 0 Å². The van der Waals surface area contributed by atoms with Gasteiger partial charge in [-0.3, -0.25) is 9.98 Å². The van der Waals surface area contributed by atoms with Crippen LogP contribution in [0.15, 0.2) is 34.3 Å². The van der Waals surface area contributed by atoms with Gasteiger partial charge in [0, 0.05) is 35.4 Å². The van der Waals surface area contributed by atoms with Crippen LogP contribution in [0.3, 0.4) is 0 Å². The molecule has 4 nitrogen and oxygen atoms in total. The normalized spacial score (nSPS) is 19.6. The van der Waals surface area contributed by atoms with Crippen LogP contribution in [0.2, 0.25) is 0 Å². The lowest BCUT2D eigenvalue weighted by molar-refractivity contribution is 0.386. The highest BCUT2D eigenvalue weighted by Crippen LogP contribution is 2.43. The number of rotatable bonds is 4. The molecule has 220 valence electrons. The number of benzene rings is 2. The average molecular weight is 547 g/mol. The number of nitrogens with zero attached hydrogens (tertiary/aromatic N) is 2. The lowest BCUT2D eigenvalue weighted by Crippen LogP contribution is -2.22. The van der Waals surface area contributed by atoms with Crippen molar-refractivity contribution in [3.05, 3.63) is 46.5 Å². The number of phenolic OH excluding ortho intramolecular Hbond substituents is 2. The summed E-state index contributed by atoms with van der Waals surface area (Å²) in [6.07, 6.45) is 8.45. The Morgan fingerprint density at radius 1 is 0.550 bits per heavy atom. The Bertz CT molecular complexity index is 1160. The Balaban J connectivity index is 2.00. The van der Waals surface area contributed by atoms with Crippen molar-refractivity contribution < 1.29 is 10.2 Å². The van der Waals surface area contributed by atoms with E-state index in [1.54, 1.807) is 0 Å². The Labute approximate surface area is 244 Å². The van der Waals surface area contributed by atoms with Crippen molar-refractivity contribution in [2.75, 3.05) is 0 Å². The van der Waals surface area contributed by atoms with Crippen LogP contribution in [0.4, 0.5) is 11.4 Å². The van der Waals surface area contributed by atoms with Gasteiger partial charge in [-0.1, -0.05) is 108 Å². The predicted octanol–water partition coefficient (Wildman–Crippen LogP) is 10.2. The molecule has 1 aliphatic rings. The topological polar surface area (TPSA) is 65.2 Å². The molecule has 0 radical (unpaired) electrons. The summed E-state index contributed by atoms with van der Waals surface area (Å²) in [6, 6.07) is 8.34. The largest absolute Gasteiger partial charge is 0.505 e. The smallest absolute Gasteiger partial charge is 0.144 e. The molecule has 1 fully saturated rings. The lowest BCUT2D eigenvalue weighted by Gasteiger charge is -2.28. The van der Waals surface area contributed by atoms with Gasteiger partial charge in [-0.2, -0.15) is 0 Å². The van der Waals surface area contributed by atoms with E-state index < -0.39 is 0 Å². The van der Waals surface area contributed by atoms with Gasteiger partial charge in [0.1, 0.15) is 22.9 Å². The highest BCUT2D eigenvalue weighted by atomic mass is 16.3. The zero-order valence-electron chi connectivity index (χ0n) is 27.2. The minimum atomic E-state index is -0.189. The first kappa shape index (κ1) is 31.9. The summed E-state index contributed by atoms with van der Waals surface area (Å²) in [5.74, 6) is 0.999. The van der Waals surface area contributed by atoms with Gasteiger partial charge < -0.3 is 10.2 Å². The third-order valence-corrected chi connectivity index (χ3v) is 8.21. The third kappa shape index (κ3) is 7.56. The van der Waals surface area contributed by atoms with E-state index in [1.165, 1.54) is 11.1 Å². The molecule has 0 aromatic heterocycles. The van der Waals surface area contributed by atoms with Crippen molar-refractivity contribution in [3.63, 3.8) is 0 Å². The molecule has 0 aliphatic heterocycles. The van der Waals surface area contributed by atoms with Gasteiger partial charge in [0.2, 0.25) is 0 Å². The van der Waals surface area contributed by atoms with E-state index in [-0.39, 0.29) is 45.0 Å². The van der Waals surface area contributed by atoms with Crippen LogP contribution in [0.5, 0.6) is 11.5 Å². The molecule has 4 heteroatoms. The summed E-state index contributed by atoms with van der Waals surface area (Å²) in [7, 11) is 0. The molecule has 1 saturated carbocycles. The maximum absolute atomic E-state index is 11.2. The first-order chi connectivity index (χ1) is 18.2. The fourth-order valence-electron chi connectivity index (χ4n) is 5.36. The first-order valence-corrected chi connectivity index (χ1v) is 15.0. The molecule has 0 unspecified atom stereocenters. The van der Waals surface area contributed by atoms with Crippen molar-refractivity contribution in [2.24, 2.45) is 21.8 Å². The number of aromatic hydroxyl groups is 2. The molecule has 0 spiro atoms. The number of phenols is 2. The van der Waals surface area contributed by atoms with Crippen LogP contribution in [0, 0.1) is 11.8 Å². The van der Waals surface area contributed by atoms with E-state index >= 15 is 0 Å². The van der Waals surface area contributed by atoms with Crippen LogP contribution in [-0.2, 0) is 21.7 Å². The fraction of sp³-hybridized carbons (Fsp3) is 0.611. The Kier molecular flexibility index (Phi) is 9.04. The molecule has 2 N–H and O–H groups in total. The molecule has 2 aromatic carbocycles. The summed E-state index contributed by atoms with van der Waals surface area (Å²) in [4.78, 5) is 9.81. The predicted molar refractivity (Wildman–Crippen MR) is 173 cm³/mol. The van der Waals surface area contributed by atoms with Gasteiger partial charge in [-0.05, 0) is 57.8 Å². The van der Waals surface area contributed by atoms with Gasteiger partial charge in [0.15, 0.2) is 0 Å². The van der Waals surface area contributed by atoms with E-state index in [0.29, 0.717) is 11.4 Å². The maximum atomic E-state index is 11.2. The van der Waals surface area contributed by atoms with E-state index in [9.17, 15) is 10.2 Å². The molecular weight excluding hydrogens is 492 g/mol.